The maximum absolute atomic E-state index is 11.9. The Morgan fingerprint density at radius 3 is 2.77 bits per heavy atom. The summed E-state index contributed by atoms with van der Waals surface area (Å²) in [6.45, 7) is 7.11. The molecule has 0 spiro atoms. The third kappa shape index (κ3) is 4.48. The molecule has 1 atom stereocenters. The first-order chi connectivity index (χ1) is 10.4. The summed E-state index contributed by atoms with van der Waals surface area (Å²) in [5.41, 5.74) is 1.11. The molecule has 1 heterocycles. The Morgan fingerprint density at radius 1 is 1.36 bits per heavy atom. The second-order valence-corrected chi connectivity index (χ2v) is 6.61. The molecular formula is C17H24N2O3. The molecule has 1 aromatic rings. The van der Waals surface area contributed by atoms with E-state index < -0.39 is 5.60 Å². The van der Waals surface area contributed by atoms with Crippen LogP contribution in [0.15, 0.2) is 24.3 Å². The maximum atomic E-state index is 11.9. The lowest BCUT2D eigenvalue weighted by Gasteiger charge is -2.35. The number of nitrogens with zero attached hydrogens (tertiary/aromatic N) is 1. The van der Waals surface area contributed by atoms with Crippen molar-refractivity contribution >= 4 is 18.1 Å². The van der Waals surface area contributed by atoms with Gasteiger partial charge in [0.1, 0.15) is 5.60 Å². The zero-order valence-electron chi connectivity index (χ0n) is 13.5. The van der Waals surface area contributed by atoms with Gasteiger partial charge >= 0.3 is 6.09 Å². The Bertz CT molecular complexity index is 537. The average molecular weight is 304 g/mol. The average Bonchev–Trinajstić information content (AvgIpc) is 2.45. The van der Waals surface area contributed by atoms with Crippen molar-refractivity contribution in [1.29, 1.82) is 0 Å². The fourth-order valence-corrected chi connectivity index (χ4v) is 2.66. The molecule has 0 saturated carbocycles. The van der Waals surface area contributed by atoms with Crippen LogP contribution in [-0.2, 0) is 4.74 Å². The molecule has 0 unspecified atom stereocenters. The minimum atomic E-state index is -0.497. The Morgan fingerprint density at radius 2 is 2.09 bits per heavy atom. The molecule has 1 fully saturated rings. The second kappa shape index (κ2) is 6.81. The first-order valence-electron chi connectivity index (χ1n) is 7.68. The molecule has 120 valence electrons. The van der Waals surface area contributed by atoms with Gasteiger partial charge in [0.25, 0.3) is 0 Å². The smallest absolute Gasteiger partial charge is 0.407 e. The van der Waals surface area contributed by atoms with Crippen molar-refractivity contribution in [2.45, 2.75) is 45.3 Å². The van der Waals surface area contributed by atoms with Crippen LogP contribution in [0.5, 0.6) is 0 Å². The number of ether oxygens (including phenoxy) is 1. The minimum Gasteiger partial charge on any atom is -0.444 e. The molecule has 1 aliphatic rings. The molecular weight excluding hydrogens is 280 g/mol. The molecule has 5 nitrogen and oxygen atoms in total. The summed E-state index contributed by atoms with van der Waals surface area (Å²) in [6, 6.07) is 7.57. The van der Waals surface area contributed by atoms with E-state index in [-0.39, 0.29) is 12.1 Å². The third-order valence-electron chi connectivity index (χ3n) is 3.55. The fraction of sp³-hybridized carbons (Fsp3) is 0.529. The summed E-state index contributed by atoms with van der Waals surface area (Å²) in [7, 11) is 0. The lowest BCUT2D eigenvalue weighted by atomic mass is 10.0. The van der Waals surface area contributed by atoms with Crippen LogP contribution >= 0.6 is 0 Å². The topological polar surface area (TPSA) is 58.6 Å². The number of hydrogen-bond acceptors (Lipinski definition) is 4. The first-order valence-corrected chi connectivity index (χ1v) is 7.68. The van der Waals surface area contributed by atoms with Crippen molar-refractivity contribution in [3.8, 4) is 0 Å². The van der Waals surface area contributed by atoms with Crippen LogP contribution in [0.2, 0.25) is 0 Å². The molecule has 1 amide bonds. The lowest BCUT2D eigenvalue weighted by Crippen LogP contribution is -2.49. The van der Waals surface area contributed by atoms with Crippen LogP contribution in [0.1, 0.15) is 44.0 Å². The SMILES string of the molecule is CC(C)(C)OC(=O)N[C@@H]1CCCN(c2ccccc2C=O)C1. The molecule has 1 N–H and O–H groups in total. The van der Waals surface area contributed by atoms with Gasteiger partial charge in [-0.25, -0.2) is 4.79 Å². The molecule has 0 aliphatic carbocycles. The van der Waals surface area contributed by atoms with Crippen molar-refractivity contribution < 1.29 is 14.3 Å². The Hall–Kier alpha value is -2.04. The molecule has 1 aromatic carbocycles. The van der Waals surface area contributed by atoms with Crippen molar-refractivity contribution in [3.05, 3.63) is 29.8 Å². The van der Waals surface area contributed by atoms with Gasteiger partial charge in [0.05, 0.1) is 0 Å². The molecule has 22 heavy (non-hydrogen) atoms. The van der Waals surface area contributed by atoms with Gasteiger partial charge in [0.15, 0.2) is 6.29 Å². The first kappa shape index (κ1) is 16.3. The Labute approximate surface area is 131 Å². The zero-order valence-corrected chi connectivity index (χ0v) is 13.5. The van der Waals surface area contributed by atoms with E-state index in [1.54, 1.807) is 0 Å². The van der Waals surface area contributed by atoms with E-state index in [4.69, 9.17) is 4.74 Å². The Balaban J connectivity index is 2.00. The van der Waals surface area contributed by atoms with Gasteiger partial charge in [0.2, 0.25) is 0 Å². The number of para-hydroxylation sites is 1. The summed E-state index contributed by atoms with van der Waals surface area (Å²) in [6.07, 6.45) is 2.37. The number of carbonyl (C=O) groups is 2. The number of amides is 1. The van der Waals surface area contributed by atoms with Crippen LogP contribution in [0.4, 0.5) is 10.5 Å². The van der Waals surface area contributed by atoms with Crippen LogP contribution < -0.4 is 10.2 Å². The van der Waals surface area contributed by atoms with Gasteiger partial charge in [-0.2, -0.15) is 0 Å². The highest BCUT2D eigenvalue weighted by atomic mass is 16.6. The third-order valence-corrected chi connectivity index (χ3v) is 3.55. The van der Waals surface area contributed by atoms with Gasteiger partial charge in [0, 0.05) is 30.4 Å². The molecule has 2 rings (SSSR count). The van der Waals surface area contributed by atoms with Crippen LogP contribution in [-0.4, -0.2) is 37.1 Å². The number of piperidine rings is 1. The lowest BCUT2D eigenvalue weighted by molar-refractivity contribution is 0.0500. The van der Waals surface area contributed by atoms with Crippen molar-refractivity contribution in [2.75, 3.05) is 18.0 Å². The van der Waals surface area contributed by atoms with Crippen molar-refractivity contribution in [2.24, 2.45) is 0 Å². The molecule has 0 bridgehead atoms. The fourth-order valence-electron chi connectivity index (χ4n) is 2.66. The molecule has 1 aliphatic heterocycles. The van der Waals surface area contributed by atoms with Gasteiger partial charge in [-0.3, -0.25) is 4.79 Å². The normalized spacial score (nSPS) is 18.7. The zero-order chi connectivity index (χ0) is 16.2. The van der Waals surface area contributed by atoms with Gasteiger partial charge in [-0.15, -0.1) is 0 Å². The van der Waals surface area contributed by atoms with E-state index >= 15 is 0 Å². The van der Waals surface area contributed by atoms with Crippen LogP contribution in [0, 0.1) is 0 Å². The largest absolute Gasteiger partial charge is 0.444 e. The highest BCUT2D eigenvalue weighted by Crippen LogP contribution is 2.23. The van der Waals surface area contributed by atoms with Gasteiger partial charge < -0.3 is 15.0 Å². The van der Waals surface area contributed by atoms with Gasteiger partial charge in [-0.1, -0.05) is 12.1 Å². The molecule has 0 aromatic heterocycles. The number of carbonyl (C=O) groups excluding carboxylic acids is 2. The molecule has 1 saturated heterocycles. The number of benzene rings is 1. The van der Waals surface area contributed by atoms with E-state index in [0.717, 1.165) is 31.4 Å². The van der Waals surface area contributed by atoms with E-state index in [9.17, 15) is 9.59 Å². The molecule has 5 heteroatoms. The quantitative estimate of drug-likeness (QED) is 0.872. The van der Waals surface area contributed by atoms with Crippen molar-refractivity contribution in [3.63, 3.8) is 0 Å². The van der Waals surface area contributed by atoms with E-state index in [1.165, 1.54) is 0 Å². The maximum Gasteiger partial charge on any atom is 0.407 e. The number of aldehydes is 1. The highest BCUT2D eigenvalue weighted by Gasteiger charge is 2.25. The number of anilines is 1. The molecule has 0 radical (unpaired) electrons. The van der Waals surface area contributed by atoms with Gasteiger partial charge in [-0.05, 0) is 45.7 Å². The van der Waals surface area contributed by atoms with E-state index in [0.29, 0.717) is 12.1 Å². The number of alkyl carbamates (subject to hydrolysis) is 1. The van der Waals surface area contributed by atoms with Crippen LogP contribution in [0.3, 0.4) is 0 Å². The monoisotopic (exact) mass is 304 g/mol. The summed E-state index contributed by atoms with van der Waals surface area (Å²) in [4.78, 5) is 25.2. The number of nitrogens with one attached hydrogen (secondary N) is 1. The standard InChI is InChI=1S/C17H24N2O3/c1-17(2,3)22-16(21)18-14-8-6-10-19(11-14)15-9-5-4-7-13(15)12-20/h4-5,7,9,12,14H,6,8,10-11H2,1-3H3,(H,18,21)/t14-/m1/s1. The summed E-state index contributed by atoms with van der Waals surface area (Å²) < 4.78 is 5.30. The predicted octanol–water partition coefficient (Wildman–Crippen LogP) is 2.99. The second-order valence-electron chi connectivity index (χ2n) is 6.61. The van der Waals surface area contributed by atoms with Crippen molar-refractivity contribution in [1.82, 2.24) is 5.32 Å². The minimum absolute atomic E-state index is 0.0308. The summed E-state index contributed by atoms with van der Waals surface area (Å²) in [5.74, 6) is 0. The summed E-state index contributed by atoms with van der Waals surface area (Å²) in [5, 5.41) is 2.92. The predicted molar refractivity (Wildman–Crippen MR) is 86.4 cm³/mol. The highest BCUT2D eigenvalue weighted by molar-refractivity contribution is 5.84. The number of rotatable bonds is 3. The number of hydrogen-bond donors (Lipinski definition) is 1. The Kier molecular flexibility index (Phi) is 5.06. The van der Waals surface area contributed by atoms with Crippen LogP contribution in [0.25, 0.3) is 0 Å². The van der Waals surface area contributed by atoms with E-state index in [1.807, 2.05) is 45.0 Å². The van der Waals surface area contributed by atoms with E-state index in [2.05, 4.69) is 10.2 Å². The summed E-state index contributed by atoms with van der Waals surface area (Å²) >= 11 is 0.